The van der Waals surface area contributed by atoms with Gasteiger partial charge in [-0.3, -0.25) is 0 Å². The van der Waals surface area contributed by atoms with Crippen molar-refractivity contribution in [2.24, 2.45) is 0 Å². The van der Waals surface area contributed by atoms with Crippen molar-refractivity contribution >= 4 is 6.03 Å². The molecule has 1 heterocycles. The molecule has 1 fully saturated rings. The molecule has 0 spiro atoms. The number of nitrogens with zero attached hydrogens (tertiary/aromatic N) is 1. The zero-order chi connectivity index (χ0) is 12.1. The first-order valence-electron chi connectivity index (χ1n) is 6.03. The fourth-order valence-electron chi connectivity index (χ4n) is 1.89. The predicted octanol–water partition coefficient (Wildman–Crippen LogP) is 0.702. The Balaban J connectivity index is 1.58. The van der Waals surface area contributed by atoms with E-state index >= 15 is 0 Å². The normalized spacial score (nSPS) is 17.2. The van der Waals surface area contributed by atoms with Gasteiger partial charge >= 0.3 is 6.03 Å². The molecule has 0 saturated heterocycles. The van der Waals surface area contributed by atoms with Crippen molar-refractivity contribution in [1.82, 2.24) is 15.2 Å². The van der Waals surface area contributed by atoms with E-state index in [4.69, 9.17) is 0 Å². The highest BCUT2D eigenvalue weighted by Gasteiger charge is 2.34. The maximum Gasteiger partial charge on any atom is 0.314 e. The van der Waals surface area contributed by atoms with Crippen molar-refractivity contribution in [1.29, 1.82) is 0 Å². The third-order valence-electron chi connectivity index (χ3n) is 3.18. The molecule has 17 heavy (non-hydrogen) atoms. The lowest BCUT2D eigenvalue weighted by Crippen LogP contribution is -2.50. The minimum absolute atomic E-state index is 0.211. The molecule has 1 aliphatic carbocycles. The number of amides is 2. The van der Waals surface area contributed by atoms with Crippen LogP contribution in [0.1, 0.15) is 19.3 Å². The molecule has 0 aliphatic heterocycles. The summed E-state index contributed by atoms with van der Waals surface area (Å²) in [5.41, 5.74) is -0.655. The summed E-state index contributed by atoms with van der Waals surface area (Å²) in [4.78, 5) is 11.4. The van der Waals surface area contributed by atoms with Crippen LogP contribution < -0.4 is 10.6 Å². The molecule has 94 valence electrons. The van der Waals surface area contributed by atoms with E-state index in [1.807, 2.05) is 29.1 Å². The van der Waals surface area contributed by atoms with E-state index in [9.17, 15) is 9.90 Å². The van der Waals surface area contributed by atoms with Gasteiger partial charge in [0.1, 0.15) is 0 Å². The number of carbonyl (C=O) groups is 1. The van der Waals surface area contributed by atoms with Gasteiger partial charge in [-0.05, 0) is 31.4 Å². The zero-order valence-electron chi connectivity index (χ0n) is 9.85. The van der Waals surface area contributed by atoms with Gasteiger partial charge in [-0.1, -0.05) is 0 Å². The van der Waals surface area contributed by atoms with Crippen LogP contribution in [-0.4, -0.2) is 34.4 Å². The summed E-state index contributed by atoms with van der Waals surface area (Å²) in [6.07, 6.45) is 6.54. The maximum atomic E-state index is 11.4. The van der Waals surface area contributed by atoms with Crippen molar-refractivity contribution in [3.05, 3.63) is 24.5 Å². The van der Waals surface area contributed by atoms with E-state index in [0.29, 0.717) is 13.1 Å². The lowest BCUT2D eigenvalue weighted by molar-refractivity contribution is -0.0290. The molecule has 0 aromatic carbocycles. The molecule has 0 unspecified atom stereocenters. The number of nitrogens with one attached hydrogen (secondary N) is 2. The maximum absolute atomic E-state index is 11.4. The summed E-state index contributed by atoms with van der Waals surface area (Å²) >= 11 is 0. The van der Waals surface area contributed by atoms with Crippen molar-refractivity contribution in [2.75, 3.05) is 13.1 Å². The predicted molar refractivity (Wildman–Crippen MR) is 64.6 cm³/mol. The second-order valence-corrected chi connectivity index (χ2v) is 4.61. The van der Waals surface area contributed by atoms with Gasteiger partial charge in [0.2, 0.25) is 0 Å². The summed E-state index contributed by atoms with van der Waals surface area (Å²) < 4.78 is 2.00. The van der Waals surface area contributed by atoms with Gasteiger partial charge in [-0.25, -0.2) is 4.79 Å². The van der Waals surface area contributed by atoms with Gasteiger partial charge in [0.05, 0.1) is 5.60 Å². The van der Waals surface area contributed by atoms with Crippen LogP contribution in [0, 0.1) is 0 Å². The molecular weight excluding hydrogens is 218 g/mol. The van der Waals surface area contributed by atoms with E-state index in [1.54, 1.807) is 0 Å². The Morgan fingerprint density at radius 1 is 1.29 bits per heavy atom. The van der Waals surface area contributed by atoms with E-state index < -0.39 is 5.60 Å². The molecule has 3 N–H and O–H groups in total. The average Bonchev–Trinajstić information content (AvgIpc) is 2.77. The Bertz CT molecular complexity index is 358. The fourth-order valence-corrected chi connectivity index (χ4v) is 1.89. The van der Waals surface area contributed by atoms with E-state index in [-0.39, 0.29) is 6.03 Å². The number of carbonyl (C=O) groups excluding carboxylic acids is 1. The first-order valence-corrected chi connectivity index (χ1v) is 6.03. The van der Waals surface area contributed by atoms with Crippen molar-refractivity contribution in [2.45, 2.75) is 31.4 Å². The smallest absolute Gasteiger partial charge is 0.314 e. The molecule has 2 rings (SSSR count). The third kappa shape index (κ3) is 3.49. The van der Waals surface area contributed by atoms with Crippen molar-refractivity contribution < 1.29 is 9.90 Å². The third-order valence-corrected chi connectivity index (χ3v) is 3.18. The summed E-state index contributed by atoms with van der Waals surface area (Å²) in [7, 11) is 0. The lowest BCUT2D eigenvalue weighted by Gasteiger charge is -2.36. The summed E-state index contributed by atoms with van der Waals surface area (Å²) in [6.45, 7) is 1.69. The molecule has 2 amide bonds. The quantitative estimate of drug-likeness (QED) is 0.706. The topological polar surface area (TPSA) is 66.3 Å². The number of hydrogen-bond donors (Lipinski definition) is 3. The molecule has 5 heteroatoms. The molecule has 0 atom stereocenters. The zero-order valence-corrected chi connectivity index (χ0v) is 9.85. The highest BCUT2D eigenvalue weighted by molar-refractivity contribution is 5.73. The lowest BCUT2D eigenvalue weighted by atomic mass is 9.80. The summed E-state index contributed by atoms with van der Waals surface area (Å²) in [5, 5.41) is 15.2. The van der Waals surface area contributed by atoms with Crippen LogP contribution >= 0.6 is 0 Å². The average molecular weight is 237 g/mol. The number of rotatable bonds is 5. The Morgan fingerprint density at radius 2 is 2.00 bits per heavy atom. The number of aromatic nitrogens is 1. The molecular formula is C12H19N3O2. The monoisotopic (exact) mass is 237 g/mol. The molecule has 1 aromatic rings. The Hall–Kier alpha value is -1.49. The largest absolute Gasteiger partial charge is 0.388 e. The second kappa shape index (κ2) is 5.23. The SMILES string of the molecule is O=C(NCCn1cccc1)NCC1(O)CCC1. The number of urea groups is 1. The van der Waals surface area contributed by atoms with Crippen molar-refractivity contribution in [3.63, 3.8) is 0 Å². The molecule has 1 saturated carbocycles. The molecule has 0 radical (unpaired) electrons. The molecule has 1 aromatic heterocycles. The second-order valence-electron chi connectivity index (χ2n) is 4.61. The van der Waals surface area contributed by atoms with Crippen molar-refractivity contribution in [3.8, 4) is 0 Å². The first kappa shape index (κ1) is 12.0. The Kier molecular flexibility index (Phi) is 3.68. The summed E-state index contributed by atoms with van der Waals surface area (Å²) in [6, 6.07) is 3.69. The minimum atomic E-state index is -0.655. The fraction of sp³-hybridized carbons (Fsp3) is 0.583. The Labute approximate surface area is 101 Å². The van der Waals surface area contributed by atoms with Crippen LogP contribution in [0.25, 0.3) is 0 Å². The van der Waals surface area contributed by atoms with Gasteiger partial charge in [-0.2, -0.15) is 0 Å². The molecule has 1 aliphatic rings. The highest BCUT2D eigenvalue weighted by Crippen LogP contribution is 2.30. The van der Waals surface area contributed by atoms with Gasteiger partial charge in [-0.15, -0.1) is 0 Å². The van der Waals surface area contributed by atoms with Crippen LogP contribution in [0.5, 0.6) is 0 Å². The Morgan fingerprint density at radius 3 is 2.59 bits per heavy atom. The van der Waals surface area contributed by atoms with Crippen LogP contribution in [0.2, 0.25) is 0 Å². The van der Waals surface area contributed by atoms with Crippen LogP contribution in [0.3, 0.4) is 0 Å². The van der Waals surface area contributed by atoms with Gasteiger partial charge in [0.25, 0.3) is 0 Å². The number of aliphatic hydroxyl groups is 1. The number of hydrogen-bond acceptors (Lipinski definition) is 2. The summed E-state index contributed by atoms with van der Waals surface area (Å²) in [5.74, 6) is 0. The van der Waals surface area contributed by atoms with Crippen LogP contribution in [0.4, 0.5) is 4.79 Å². The minimum Gasteiger partial charge on any atom is -0.388 e. The standard InChI is InChI=1S/C12H19N3O2/c16-11(14-10-12(17)4-3-5-12)13-6-9-15-7-1-2-8-15/h1-2,7-8,17H,3-6,9-10H2,(H2,13,14,16). The van der Waals surface area contributed by atoms with Crippen LogP contribution in [-0.2, 0) is 6.54 Å². The first-order chi connectivity index (χ1) is 8.18. The highest BCUT2D eigenvalue weighted by atomic mass is 16.3. The van der Waals surface area contributed by atoms with Crippen LogP contribution in [0.15, 0.2) is 24.5 Å². The van der Waals surface area contributed by atoms with E-state index in [1.165, 1.54) is 0 Å². The van der Waals surface area contributed by atoms with Gasteiger partial charge in [0, 0.05) is 32.0 Å². The molecule has 0 bridgehead atoms. The van der Waals surface area contributed by atoms with E-state index in [2.05, 4.69) is 10.6 Å². The van der Waals surface area contributed by atoms with Gasteiger partial charge in [0.15, 0.2) is 0 Å². The van der Waals surface area contributed by atoms with E-state index in [0.717, 1.165) is 25.8 Å². The molecule has 5 nitrogen and oxygen atoms in total. The van der Waals surface area contributed by atoms with Gasteiger partial charge < -0.3 is 20.3 Å².